The van der Waals surface area contributed by atoms with E-state index < -0.39 is 0 Å². The van der Waals surface area contributed by atoms with E-state index in [1.54, 1.807) is 26.0 Å². The molecule has 2 amide bonds. The molecular formula is C26H34N2O5. The Bertz CT molecular complexity index is 976. The fraction of sp³-hybridized carbons (Fsp3) is 0.462. The van der Waals surface area contributed by atoms with Crippen LogP contribution in [0.2, 0.25) is 0 Å². The molecule has 1 heterocycles. The zero-order chi connectivity index (χ0) is 24.1. The number of fused-ring (bicyclic) bond motifs is 1. The van der Waals surface area contributed by atoms with Crippen molar-refractivity contribution < 1.29 is 23.8 Å². The summed E-state index contributed by atoms with van der Waals surface area (Å²) in [6.45, 7) is 8.27. The van der Waals surface area contributed by atoms with Crippen molar-refractivity contribution in [3.05, 3.63) is 53.6 Å². The number of rotatable bonds is 7. The van der Waals surface area contributed by atoms with E-state index in [0.717, 1.165) is 16.8 Å². The van der Waals surface area contributed by atoms with Gasteiger partial charge in [0.25, 0.3) is 0 Å². The van der Waals surface area contributed by atoms with Crippen molar-refractivity contribution in [1.29, 1.82) is 0 Å². The van der Waals surface area contributed by atoms with Gasteiger partial charge in [0.2, 0.25) is 5.91 Å². The first-order chi connectivity index (χ1) is 15.8. The number of methoxy groups -OCH3 is 2. The highest BCUT2D eigenvalue weighted by Crippen LogP contribution is 2.46. The van der Waals surface area contributed by atoms with E-state index in [9.17, 15) is 9.59 Å². The number of carbonyl (C=O) groups excluding carboxylic acids is 2. The first kappa shape index (κ1) is 24.4. The van der Waals surface area contributed by atoms with Gasteiger partial charge >= 0.3 is 6.09 Å². The maximum absolute atomic E-state index is 13.2. The third-order valence-corrected chi connectivity index (χ3v) is 5.96. The Morgan fingerprint density at radius 3 is 2.30 bits per heavy atom. The van der Waals surface area contributed by atoms with Crippen LogP contribution < -0.4 is 14.4 Å². The zero-order valence-corrected chi connectivity index (χ0v) is 20.3. The average Bonchev–Trinajstić information content (AvgIpc) is 2.81. The lowest BCUT2D eigenvalue weighted by Crippen LogP contribution is -2.48. The van der Waals surface area contributed by atoms with Gasteiger partial charge in [0.1, 0.15) is 0 Å². The number of hydrogen-bond acceptors (Lipinski definition) is 5. The van der Waals surface area contributed by atoms with E-state index in [-0.39, 0.29) is 36.6 Å². The van der Waals surface area contributed by atoms with Crippen LogP contribution >= 0.6 is 0 Å². The normalized spacial score (nSPS) is 17.4. The third kappa shape index (κ3) is 5.07. The molecule has 0 spiro atoms. The Morgan fingerprint density at radius 1 is 1.09 bits per heavy atom. The first-order valence-corrected chi connectivity index (χ1v) is 11.4. The largest absolute Gasteiger partial charge is 0.493 e. The Kier molecular flexibility index (Phi) is 7.84. The lowest BCUT2D eigenvalue weighted by atomic mass is 9.89. The van der Waals surface area contributed by atoms with Crippen LogP contribution in [0.3, 0.4) is 0 Å². The van der Waals surface area contributed by atoms with E-state index in [4.69, 9.17) is 14.2 Å². The number of nitrogens with zero attached hydrogens (tertiary/aromatic N) is 2. The molecule has 0 N–H and O–H groups in total. The molecule has 7 heteroatoms. The molecule has 0 aromatic heterocycles. The van der Waals surface area contributed by atoms with Crippen LogP contribution in [0.4, 0.5) is 10.5 Å². The molecule has 7 nitrogen and oxygen atoms in total. The van der Waals surface area contributed by atoms with E-state index >= 15 is 0 Å². The topological polar surface area (TPSA) is 68.3 Å². The number of carbonyl (C=O) groups is 2. The lowest BCUT2D eigenvalue weighted by molar-refractivity contribution is -0.122. The van der Waals surface area contributed by atoms with E-state index in [0.29, 0.717) is 24.5 Å². The fourth-order valence-electron chi connectivity index (χ4n) is 4.35. The quantitative estimate of drug-likeness (QED) is 0.576. The van der Waals surface area contributed by atoms with Crippen LogP contribution in [-0.4, -0.2) is 43.8 Å². The van der Waals surface area contributed by atoms with Crippen LogP contribution in [-0.2, 0) is 16.1 Å². The molecule has 0 bridgehead atoms. The van der Waals surface area contributed by atoms with Crippen molar-refractivity contribution in [2.24, 2.45) is 5.92 Å². The van der Waals surface area contributed by atoms with Gasteiger partial charge < -0.3 is 19.1 Å². The Balaban J connectivity index is 2.16. The molecule has 0 radical (unpaired) electrons. The molecule has 2 aromatic carbocycles. The van der Waals surface area contributed by atoms with Gasteiger partial charge in [-0.15, -0.1) is 0 Å². The molecule has 0 aliphatic carbocycles. The van der Waals surface area contributed by atoms with Gasteiger partial charge in [0.05, 0.1) is 32.6 Å². The summed E-state index contributed by atoms with van der Waals surface area (Å²) in [6, 6.07) is 13.1. The predicted octanol–water partition coefficient (Wildman–Crippen LogP) is 5.18. The van der Waals surface area contributed by atoms with Gasteiger partial charge in [-0.1, -0.05) is 44.2 Å². The molecule has 178 valence electrons. The maximum atomic E-state index is 13.2. The Labute approximate surface area is 196 Å². The SMILES string of the molecule is CCOC(=O)N(Cc1ccccc1)C1CC(C)N(C(=O)C(C)C)c2cc(OC)c(OC)cc21. The number of benzene rings is 2. The maximum Gasteiger partial charge on any atom is 0.410 e. The van der Waals surface area contributed by atoms with Crippen molar-refractivity contribution in [2.75, 3.05) is 25.7 Å². The second kappa shape index (κ2) is 10.6. The molecule has 3 rings (SSSR count). The molecule has 33 heavy (non-hydrogen) atoms. The minimum Gasteiger partial charge on any atom is -0.493 e. The van der Waals surface area contributed by atoms with Crippen molar-refractivity contribution in [3.8, 4) is 11.5 Å². The summed E-state index contributed by atoms with van der Waals surface area (Å²) in [6.07, 6.45) is 0.190. The van der Waals surface area contributed by atoms with Crippen LogP contribution in [0.15, 0.2) is 42.5 Å². The summed E-state index contributed by atoms with van der Waals surface area (Å²) in [5.41, 5.74) is 2.57. The summed E-state index contributed by atoms with van der Waals surface area (Å²) in [4.78, 5) is 29.9. The molecule has 0 saturated carbocycles. The lowest BCUT2D eigenvalue weighted by Gasteiger charge is -2.44. The summed E-state index contributed by atoms with van der Waals surface area (Å²) in [5, 5.41) is 0. The van der Waals surface area contributed by atoms with Gasteiger partial charge in [-0.05, 0) is 31.9 Å². The standard InChI is InChI=1S/C26H34N2O5/c1-7-33-26(30)27(16-19-11-9-8-10-12-19)21-13-18(4)28(25(29)17(2)3)22-15-24(32-6)23(31-5)14-20(21)22/h8-12,14-15,17-18,21H,7,13,16H2,1-6H3. The van der Waals surface area contributed by atoms with Crippen LogP contribution in [0.25, 0.3) is 0 Å². The van der Waals surface area contributed by atoms with Gasteiger partial charge in [0, 0.05) is 30.1 Å². The smallest absolute Gasteiger partial charge is 0.410 e. The van der Waals surface area contributed by atoms with E-state index in [1.165, 1.54) is 0 Å². The van der Waals surface area contributed by atoms with Crippen molar-refractivity contribution in [1.82, 2.24) is 4.90 Å². The Morgan fingerprint density at radius 2 is 1.73 bits per heavy atom. The molecule has 0 fully saturated rings. The Hall–Kier alpha value is -3.22. The van der Waals surface area contributed by atoms with Gasteiger partial charge in [-0.2, -0.15) is 0 Å². The van der Waals surface area contributed by atoms with Gasteiger partial charge in [-0.3, -0.25) is 9.69 Å². The zero-order valence-electron chi connectivity index (χ0n) is 20.3. The van der Waals surface area contributed by atoms with Gasteiger partial charge in [-0.25, -0.2) is 4.79 Å². The minimum absolute atomic E-state index is 0.0279. The highest BCUT2D eigenvalue weighted by molar-refractivity contribution is 5.97. The highest BCUT2D eigenvalue weighted by Gasteiger charge is 2.40. The number of hydrogen-bond donors (Lipinski definition) is 0. The van der Waals surface area contributed by atoms with Gasteiger partial charge in [0.15, 0.2) is 11.5 Å². The third-order valence-electron chi connectivity index (χ3n) is 5.96. The van der Waals surface area contributed by atoms with E-state index in [2.05, 4.69) is 0 Å². The molecule has 1 aliphatic heterocycles. The van der Waals surface area contributed by atoms with Crippen LogP contribution in [0.1, 0.15) is 51.3 Å². The first-order valence-electron chi connectivity index (χ1n) is 11.4. The summed E-state index contributed by atoms with van der Waals surface area (Å²) in [7, 11) is 3.15. The molecule has 1 aliphatic rings. The second-order valence-electron chi connectivity index (χ2n) is 8.54. The minimum atomic E-state index is -0.386. The van der Waals surface area contributed by atoms with E-state index in [1.807, 2.05) is 68.1 Å². The number of amides is 2. The van der Waals surface area contributed by atoms with Crippen molar-refractivity contribution in [3.63, 3.8) is 0 Å². The monoisotopic (exact) mass is 454 g/mol. The molecular weight excluding hydrogens is 420 g/mol. The van der Waals surface area contributed by atoms with Crippen LogP contribution in [0.5, 0.6) is 11.5 Å². The summed E-state index contributed by atoms with van der Waals surface area (Å²) < 4.78 is 16.5. The average molecular weight is 455 g/mol. The molecule has 0 saturated heterocycles. The fourth-order valence-corrected chi connectivity index (χ4v) is 4.35. The number of anilines is 1. The van der Waals surface area contributed by atoms with Crippen LogP contribution in [0, 0.1) is 5.92 Å². The van der Waals surface area contributed by atoms with Crippen molar-refractivity contribution in [2.45, 2.75) is 52.7 Å². The van der Waals surface area contributed by atoms with Crippen molar-refractivity contribution >= 4 is 17.7 Å². The predicted molar refractivity (Wildman–Crippen MR) is 128 cm³/mol. The summed E-state index contributed by atoms with van der Waals surface area (Å²) in [5.74, 6) is 0.947. The molecule has 2 unspecified atom stereocenters. The number of ether oxygens (including phenoxy) is 3. The highest BCUT2D eigenvalue weighted by atomic mass is 16.6. The second-order valence-corrected chi connectivity index (χ2v) is 8.54. The molecule has 2 atom stereocenters. The summed E-state index contributed by atoms with van der Waals surface area (Å²) >= 11 is 0. The molecule has 2 aromatic rings.